The summed E-state index contributed by atoms with van der Waals surface area (Å²) in [6, 6.07) is 4.89. The summed E-state index contributed by atoms with van der Waals surface area (Å²) >= 11 is 0. The number of carbonyl (C=O) groups excluding carboxylic acids is 1. The quantitative estimate of drug-likeness (QED) is 0.739. The van der Waals surface area contributed by atoms with Gasteiger partial charge in [0.1, 0.15) is 11.9 Å². The van der Waals surface area contributed by atoms with Crippen LogP contribution in [0.5, 0.6) is 0 Å². The summed E-state index contributed by atoms with van der Waals surface area (Å²) in [5.74, 6) is -1.22. The van der Waals surface area contributed by atoms with E-state index >= 15 is 0 Å². The first-order chi connectivity index (χ1) is 13.6. The van der Waals surface area contributed by atoms with Crippen molar-refractivity contribution in [1.29, 1.82) is 0 Å². The number of nitrogens with one attached hydrogen (secondary N) is 1. The van der Waals surface area contributed by atoms with Crippen LogP contribution in [0.4, 0.5) is 17.6 Å². The third-order valence-corrected chi connectivity index (χ3v) is 6.44. The van der Waals surface area contributed by atoms with Crippen LogP contribution in [0, 0.1) is 5.82 Å². The summed E-state index contributed by atoms with van der Waals surface area (Å²) in [6.45, 7) is -0.163. The van der Waals surface area contributed by atoms with Gasteiger partial charge in [0.2, 0.25) is 15.9 Å². The molecule has 1 amide bonds. The molecule has 2 aromatic rings. The van der Waals surface area contributed by atoms with Gasteiger partial charge in [-0.2, -0.15) is 17.5 Å². The van der Waals surface area contributed by atoms with E-state index in [0.717, 1.165) is 46.9 Å². The first-order valence-electron chi connectivity index (χ1n) is 8.66. The average Bonchev–Trinajstić information content (AvgIpc) is 3.17. The molecule has 1 saturated heterocycles. The zero-order valence-corrected chi connectivity index (χ0v) is 15.8. The van der Waals surface area contributed by atoms with Crippen LogP contribution < -0.4 is 5.32 Å². The van der Waals surface area contributed by atoms with Crippen LogP contribution in [0.25, 0.3) is 0 Å². The molecule has 1 aromatic heterocycles. The first-order valence-corrected chi connectivity index (χ1v) is 10.1. The van der Waals surface area contributed by atoms with Crippen LogP contribution in [0.3, 0.4) is 0 Å². The lowest BCUT2D eigenvalue weighted by Gasteiger charge is -2.23. The van der Waals surface area contributed by atoms with Crippen molar-refractivity contribution in [2.45, 2.75) is 36.5 Å². The number of benzene rings is 1. The van der Waals surface area contributed by atoms with Gasteiger partial charge in [-0.05, 0) is 49.2 Å². The molecule has 0 aliphatic carbocycles. The molecule has 0 radical (unpaired) electrons. The second-order valence-corrected chi connectivity index (χ2v) is 8.37. The zero-order valence-electron chi connectivity index (χ0n) is 15.0. The normalized spacial score (nSPS) is 18.0. The number of nitrogens with zero attached hydrogens (tertiary/aromatic N) is 2. The van der Waals surface area contributed by atoms with Crippen molar-refractivity contribution in [2.75, 3.05) is 6.54 Å². The summed E-state index contributed by atoms with van der Waals surface area (Å²) in [6.07, 6.45) is -2.83. The van der Waals surface area contributed by atoms with E-state index in [4.69, 9.17) is 0 Å². The van der Waals surface area contributed by atoms with Crippen molar-refractivity contribution >= 4 is 15.9 Å². The van der Waals surface area contributed by atoms with Gasteiger partial charge in [-0.1, -0.05) is 0 Å². The number of alkyl halides is 3. The monoisotopic (exact) mass is 431 g/mol. The molecule has 1 atom stereocenters. The number of pyridine rings is 1. The number of aromatic nitrogens is 1. The Kier molecular flexibility index (Phi) is 5.90. The standard InChI is InChI=1S/C18H17F4N3O3S/c19-13-3-5-15(6-4-13)29(27,28)25-9-1-2-16(25)17(26)24-11-14-10-12(7-8-23-14)18(20,21)22/h3-8,10,16H,1-2,9,11H2,(H,24,26). The van der Waals surface area contributed by atoms with Gasteiger partial charge in [-0.3, -0.25) is 9.78 Å². The Hall–Kier alpha value is -2.53. The van der Waals surface area contributed by atoms with Gasteiger partial charge in [-0.15, -0.1) is 0 Å². The molecule has 1 aliphatic heterocycles. The summed E-state index contributed by atoms with van der Waals surface area (Å²) in [4.78, 5) is 16.2. The maximum Gasteiger partial charge on any atom is 0.416 e. The van der Waals surface area contributed by atoms with E-state index in [1.54, 1.807) is 0 Å². The summed E-state index contributed by atoms with van der Waals surface area (Å²) in [5, 5.41) is 2.45. The van der Waals surface area contributed by atoms with Gasteiger partial charge in [-0.25, -0.2) is 12.8 Å². The van der Waals surface area contributed by atoms with Gasteiger partial charge >= 0.3 is 6.18 Å². The Morgan fingerprint density at radius 1 is 1.21 bits per heavy atom. The van der Waals surface area contributed by atoms with E-state index in [1.807, 2.05) is 0 Å². The van der Waals surface area contributed by atoms with Crippen molar-refractivity contribution in [3.8, 4) is 0 Å². The van der Waals surface area contributed by atoms with Crippen LogP contribution in [0.15, 0.2) is 47.5 Å². The molecule has 0 spiro atoms. The second kappa shape index (κ2) is 8.07. The molecule has 1 unspecified atom stereocenters. The maximum atomic E-state index is 13.1. The lowest BCUT2D eigenvalue weighted by atomic mass is 10.2. The first kappa shape index (κ1) is 21.2. The zero-order chi connectivity index (χ0) is 21.2. The highest BCUT2D eigenvalue weighted by molar-refractivity contribution is 7.89. The highest BCUT2D eigenvalue weighted by Gasteiger charge is 2.39. The minimum atomic E-state index is -4.53. The van der Waals surface area contributed by atoms with Gasteiger partial charge in [0.15, 0.2) is 0 Å². The van der Waals surface area contributed by atoms with Gasteiger partial charge < -0.3 is 5.32 Å². The predicted molar refractivity (Wildman–Crippen MR) is 94.4 cm³/mol. The van der Waals surface area contributed by atoms with Crippen molar-refractivity contribution in [3.63, 3.8) is 0 Å². The maximum absolute atomic E-state index is 13.1. The van der Waals surface area contributed by atoms with Crippen molar-refractivity contribution in [2.24, 2.45) is 0 Å². The fourth-order valence-corrected chi connectivity index (χ4v) is 4.73. The smallest absolute Gasteiger partial charge is 0.349 e. The lowest BCUT2D eigenvalue weighted by molar-refractivity contribution is -0.137. The molecule has 1 aromatic carbocycles. The molecular weight excluding hydrogens is 414 g/mol. The molecule has 0 bridgehead atoms. The van der Waals surface area contributed by atoms with Crippen molar-refractivity contribution in [3.05, 3.63) is 59.7 Å². The highest BCUT2D eigenvalue weighted by atomic mass is 32.2. The number of sulfonamides is 1. The number of carbonyl (C=O) groups is 1. The summed E-state index contributed by atoms with van der Waals surface area (Å²) < 4.78 is 78.0. The molecule has 6 nitrogen and oxygen atoms in total. The topological polar surface area (TPSA) is 79.4 Å². The highest BCUT2D eigenvalue weighted by Crippen LogP contribution is 2.29. The minimum absolute atomic E-state index is 0.000821. The van der Waals surface area contributed by atoms with Crippen LogP contribution in [-0.4, -0.2) is 36.2 Å². The third kappa shape index (κ3) is 4.73. The molecule has 1 fully saturated rings. The number of hydrogen-bond acceptors (Lipinski definition) is 4. The van der Waals surface area contributed by atoms with Gasteiger partial charge in [0.25, 0.3) is 0 Å². The third-order valence-electron chi connectivity index (χ3n) is 4.51. The molecular formula is C18H17F4N3O3S. The minimum Gasteiger partial charge on any atom is -0.349 e. The van der Waals surface area contributed by atoms with E-state index in [2.05, 4.69) is 10.3 Å². The van der Waals surface area contributed by atoms with E-state index in [0.29, 0.717) is 6.42 Å². The van der Waals surface area contributed by atoms with Crippen LogP contribution in [0.2, 0.25) is 0 Å². The Morgan fingerprint density at radius 3 is 2.55 bits per heavy atom. The number of hydrogen-bond donors (Lipinski definition) is 1. The molecule has 0 saturated carbocycles. The Morgan fingerprint density at radius 2 is 1.90 bits per heavy atom. The van der Waals surface area contributed by atoms with Gasteiger partial charge in [0, 0.05) is 12.7 Å². The Labute approximate surface area is 164 Å². The second-order valence-electron chi connectivity index (χ2n) is 6.48. The van der Waals surface area contributed by atoms with E-state index in [-0.39, 0.29) is 30.1 Å². The fraction of sp³-hybridized carbons (Fsp3) is 0.333. The molecule has 2 heterocycles. The number of amides is 1. The molecule has 1 aliphatic rings. The average molecular weight is 431 g/mol. The van der Waals surface area contributed by atoms with E-state index < -0.39 is 39.5 Å². The Balaban J connectivity index is 1.71. The van der Waals surface area contributed by atoms with Crippen LogP contribution in [0.1, 0.15) is 24.1 Å². The summed E-state index contributed by atoms with van der Waals surface area (Å²) in [7, 11) is -4.02. The summed E-state index contributed by atoms with van der Waals surface area (Å²) in [5.41, 5.74) is -0.891. The van der Waals surface area contributed by atoms with Crippen molar-refractivity contribution in [1.82, 2.24) is 14.6 Å². The van der Waals surface area contributed by atoms with Crippen LogP contribution in [-0.2, 0) is 27.5 Å². The van der Waals surface area contributed by atoms with Gasteiger partial charge in [0.05, 0.1) is 22.7 Å². The number of rotatable bonds is 5. The van der Waals surface area contributed by atoms with Crippen molar-refractivity contribution < 1.29 is 30.8 Å². The lowest BCUT2D eigenvalue weighted by Crippen LogP contribution is -2.45. The predicted octanol–water partition coefficient (Wildman–Crippen LogP) is 2.71. The molecule has 156 valence electrons. The fourth-order valence-electron chi connectivity index (χ4n) is 3.08. The SMILES string of the molecule is O=C(NCc1cc(C(F)(F)F)ccn1)C1CCCN1S(=O)(=O)c1ccc(F)cc1. The van der Waals surface area contributed by atoms with Crippen LogP contribution >= 0.6 is 0 Å². The molecule has 29 heavy (non-hydrogen) atoms. The largest absolute Gasteiger partial charge is 0.416 e. The molecule has 1 N–H and O–H groups in total. The molecule has 3 rings (SSSR count). The molecule has 11 heteroatoms. The number of halogens is 4. The Bertz CT molecular complexity index is 994. The van der Waals surface area contributed by atoms with E-state index in [9.17, 15) is 30.8 Å². The van der Waals surface area contributed by atoms with E-state index in [1.165, 1.54) is 0 Å².